The first-order chi connectivity index (χ1) is 10.1. The Morgan fingerprint density at radius 3 is 2.86 bits per heavy atom. The van der Waals surface area contributed by atoms with Crippen molar-refractivity contribution in [1.82, 2.24) is 10.1 Å². The van der Waals surface area contributed by atoms with E-state index in [2.05, 4.69) is 10.1 Å². The lowest BCUT2D eigenvalue weighted by atomic mass is 9.77. The first kappa shape index (κ1) is 12.9. The van der Waals surface area contributed by atoms with Gasteiger partial charge in [-0.2, -0.15) is 4.98 Å². The average molecular weight is 304 g/mol. The number of hydrogen-bond donors (Lipinski definition) is 1. The Balaban J connectivity index is 1.81. The number of rotatable bonds is 2. The van der Waals surface area contributed by atoms with Gasteiger partial charge in [0.1, 0.15) is 5.58 Å². The maximum Gasteiger partial charge on any atom is 0.294 e. The molecule has 0 atom stereocenters. The molecule has 1 aliphatic rings. The van der Waals surface area contributed by atoms with Crippen LogP contribution in [-0.2, 0) is 5.54 Å². The van der Waals surface area contributed by atoms with Gasteiger partial charge in [-0.1, -0.05) is 16.8 Å². The van der Waals surface area contributed by atoms with Crippen molar-refractivity contribution in [3.8, 4) is 11.7 Å². The van der Waals surface area contributed by atoms with Crippen LogP contribution in [0.1, 0.15) is 30.7 Å². The molecule has 6 heteroatoms. The van der Waals surface area contributed by atoms with Gasteiger partial charge in [0.25, 0.3) is 5.89 Å². The van der Waals surface area contributed by atoms with Crippen LogP contribution in [0.25, 0.3) is 22.6 Å². The number of furan rings is 1. The van der Waals surface area contributed by atoms with E-state index >= 15 is 0 Å². The number of halogens is 1. The van der Waals surface area contributed by atoms with Crippen molar-refractivity contribution in [3.05, 3.63) is 34.6 Å². The summed E-state index contributed by atoms with van der Waals surface area (Å²) >= 11 is 6.03. The summed E-state index contributed by atoms with van der Waals surface area (Å²) < 4.78 is 11.2. The second-order valence-electron chi connectivity index (χ2n) is 5.63. The number of aromatic nitrogens is 2. The molecule has 1 saturated carbocycles. The topological polar surface area (TPSA) is 78.1 Å². The third-order valence-electron chi connectivity index (χ3n) is 4.21. The zero-order chi connectivity index (χ0) is 14.6. The fraction of sp³-hybridized carbons (Fsp3) is 0.333. The van der Waals surface area contributed by atoms with Crippen LogP contribution in [0.4, 0.5) is 0 Å². The third-order valence-corrected chi connectivity index (χ3v) is 4.44. The molecule has 4 rings (SSSR count). The van der Waals surface area contributed by atoms with Crippen molar-refractivity contribution in [2.45, 2.75) is 31.7 Å². The lowest BCUT2D eigenvalue weighted by molar-refractivity contribution is 0.229. The van der Waals surface area contributed by atoms with Gasteiger partial charge in [-0.25, -0.2) is 0 Å². The highest BCUT2D eigenvalue weighted by Crippen LogP contribution is 2.39. The quantitative estimate of drug-likeness (QED) is 0.779. The summed E-state index contributed by atoms with van der Waals surface area (Å²) in [4.78, 5) is 4.42. The van der Waals surface area contributed by atoms with E-state index in [1.807, 2.05) is 19.1 Å². The van der Waals surface area contributed by atoms with Gasteiger partial charge in [0.2, 0.25) is 0 Å². The molecular weight excluding hydrogens is 290 g/mol. The normalized spacial score (nSPS) is 17.1. The predicted octanol–water partition coefficient (Wildman–Crippen LogP) is 3.78. The number of benzene rings is 1. The van der Waals surface area contributed by atoms with Gasteiger partial charge in [0, 0.05) is 16.0 Å². The molecule has 5 nitrogen and oxygen atoms in total. The second kappa shape index (κ2) is 4.32. The SMILES string of the molecule is Cc1c(-c2nc(C3(N)CCC3)no2)oc2ccc(Cl)cc12. The zero-order valence-corrected chi connectivity index (χ0v) is 12.3. The maximum absolute atomic E-state index is 6.22. The fourth-order valence-corrected chi connectivity index (χ4v) is 2.87. The Morgan fingerprint density at radius 1 is 1.33 bits per heavy atom. The Bertz CT molecular complexity index is 833. The summed E-state index contributed by atoms with van der Waals surface area (Å²) in [6.45, 7) is 1.95. The number of aryl methyl sites for hydroxylation is 1. The van der Waals surface area contributed by atoms with E-state index in [0.29, 0.717) is 22.5 Å². The van der Waals surface area contributed by atoms with Crippen LogP contribution in [0, 0.1) is 6.92 Å². The van der Waals surface area contributed by atoms with E-state index in [-0.39, 0.29) is 0 Å². The van der Waals surface area contributed by atoms with Crippen LogP contribution in [-0.4, -0.2) is 10.1 Å². The number of nitrogens with two attached hydrogens (primary N) is 1. The molecule has 0 aliphatic heterocycles. The lowest BCUT2D eigenvalue weighted by Gasteiger charge is -2.34. The smallest absolute Gasteiger partial charge is 0.294 e. The first-order valence-electron chi connectivity index (χ1n) is 6.89. The summed E-state index contributed by atoms with van der Waals surface area (Å²) in [6, 6.07) is 5.49. The number of hydrogen-bond acceptors (Lipinski definition) is 5. The summed E-state index contributed by atoms with van der Waals surface area (Å²) in [5.41, 5.74) is 7.46. The van der Waals surface area contributed by atoms with Crippen molar-refractivity contribution in [2.24, 2.45) is 5.73 Å². The second-order valence-corrected chi connectivity index (χ2v) is 6.07. The summed E-state index contributed by atoms with van der Waals surface area (Å²) in [6.07, 6.45) is 2.88. The minimum Gasteiger partial charge on any atom is -0.451 e. The summed E-state index contributed by atoms with van der Waals surface area (Å²) in [5.74, 6) is 1.50. The molecule has 0 radical (unpaired) electrons. The van der Waals surface area contributed by atoms with Crippen molar-refractivity contribution in [3.63, 3.8) is 0 Å². The minimum absolute atomic E-state index is 0.367. The van der Waals surface area contributed by atoms with Gasteiger partial charge in [-0.05, 0) is 44.4 Å². The summed E-state index contributed by atoms with van der Waals surface area (Å²) in [7, 11) is 0. The van der Waals surface area contributed by atoms with E-state index in [9.17, 15) is 0 Å². The van der Waals surface area contributed by atoms with Crippen LogP contribution in [0.5, 0.6) is 0 Å². The van der Waals surface area contributed by atoms with E-state index in [1.165, 1.54) is 0 Å². The Kier molecular flexibility index (Phi) is 2.65. The lowest BCUT2D eigenvalue weighted by Crippen LogP contribution is -2.44. The molecule has 108 valence electrons. The highest BCUT2D eigenvalue weighted by Gasteiger charge is 2.39. The molecule has 2 heterocycles. The molecule has 0 bridgehead atoms. The van der Waals surface area contributed by atoms with E-state index in [4.69, 9.17) is 26.3 Å². The molecule has 2 aromatic heterocycles. The predicted molar refractivity (Wildman–Crippen MR) is 79.0 cm³/mol. The van der Waals surface area contributed by atoms with Gasteiger partial charge in [-0.15, -0.1) is 0 Å². The van der Waals surface area contributed by atoms with Crippen LogP contribution in [0.3, 0.4) is 0 Å². The van der Waals surface area contributed by atoms with Crippen LogP contribution < -0.4 is 5.73 Å². The molecule has 0 saturated heterocycles. The Labute approximate surface area is 126 Å². The highest BCUT2D eigenvalue weighted by atomic mass is 35.5. The van der Waals surface area contributed by atoms with Gasteiger partial charge in [0.05, 0.1) is 5.54 Å². The van der Waals surface area contributed by atoms with Crippen molar-refractivity contribution >= 4 is 22.6 Å². The third kappa shape index (κ3) is 1.88. The van der Waals surface area contributed by atoms with Crippen LogP contribution in [0.15, 0.2) is 27.1 Å². The van der Waals surface area contributed by atoms with Gasteiger partial charge >= 0.3 is 0 Å². The standard InChI is InChI=1S/C15H14ClN3O2/c1-8-10-7-9(16)3-4-11(10)20-12(8)13-18-14(19-21-13)15(17)5-2-6-15/h3-4,7H,2,5-6,17H2,1H3. The zero-order valence-electron chi connectivity index (χ0n) is 11.5. The van der Waals surface area contributed by atoms with Gasteiger partial charge in [0.15, 0.2) is 11.6 Å². The Hall–Kier alpha value is -1.85. The largest absolute Gasteiger partial charge is 0.451 e. The van der Waals surface area contributed by atoms with Crippen molar-refractivity contribution in [2.75, 3.05) is 0 Å². The van der Waals surface area contributed by atoms with E-state index in [0.717, 1.165) is 35.8 Å². The van der Waals surface area contributed by atoms with E-state index in [1.54, 1.807) is 6.07 Å². The minimum atomic E-state index is -0.440. The molecule has 3 aromatic rings. The van der Waals surface area contributed by atoms with Gasteiger partial charge < -0.3 is 14.7 Å². The van der Waals surface area contributed by atoms with Gasteiger partial charge in [-0.3, -0.25) is 0 Å². The molecular formula is C15H14ClN3O2. The molecule has 1 fully saturated rings. The van der Waals surface area contributed by atoms with Crippen LogP contribution in [0.2, 0.25) is 5.02 Å². The number of nitrogens with zero attached hydrogens (tertiary/aromatic N) is 2. The monoisotopic (exact) mass is 303 g/mol. The number of fused-ring (bicyclic) bond motifs is 1. The fourth-order valence-electron chi connectivity index (χ4n) is 2.70. The summed E-state index contributed by atoms with van der Waals surface area (Å²) in [5, 5.41) is 5.63. The highest BCUT2D eigenvalue weighted by molar-refractivity contribution is 6.31. The van der Waals surface area contributed by atoms with Crippen LogP contribution >= 0.6 is 11.6 Å². The first-order valence-corrected chi connectivity index (χ1v) is 7.27. The molecule has 0 amide bonds. The molecule has 21 heavy (non-hydrogen) atoms. The molecule has 0 unspecified atom stereocenters. The average Bonchev–Trinajstić information content (AvgIpc) is 3.02. The van der Waals surface area contributed by atoms with E-state index < -0.39 is 5.54 Å². The molecule has 1 aromatic carbocycles. The van der Waals surface area contributed by atoms with Crippen molar-refractivity contribution < 1.29 is 8.94 Å². The molecule has 2 N–H and O–H groups in total. The molecule has 0 spiro atoms. The maximum atomic E-state index is 6.22. The Morgan fingerprint density at radius 2 is 2.14 bits per heavy atom. The van der Waals surface area contributed by atoms with Crippen molar-refractivity contribution in [1.29, 1.82) is 0 Å². The molecule has 1 aliphatic carbocycles.